The van der Waals surface area contributed by atoms with Crippen molar-refractivity contribution in [1.82, 2.24) is 5.32 Å². The van der Waals surface area contributed by atoms with Gasteiger partial charge in [0, 0.05) is 24.8 Å². The summed E-state index contributed by atoms with van der Waals surface area (Å²) >= 11 is 0. The topological polar surface area (TPSA) is 50.7 Å². The Morgan fingerprint density at radius 3 is 2.72 bits per heavy atom. The fourth-order valence-electron chi connectivity index (χ4n) is 7.80. The standard InChI is InChI=1S/C23H35FN2O2.ClH/c1-22-9-7-18-16(17(22)5-6-21(22)27)4-3-14-11-20(19(24)12-23(14,18)2)26-28-15-8-10-25-13-15;/h14-19,25H,3-13H2,1-2H3;1H/b26-20-;/t14?,15-,16+,17+,18-,19?,22+,23+;/m1./s1. The van der Waals surface area contributed by atoms with Crippen molar-refractivity contribution < 1.29 is 14.0 Å². The van der Waals surface area contributed by atoms with Gasteiger partial charge in [-0.2, -0.15) is 0 Å². The molecule has 4 saturated carbocycles. The summed E-state index contributed by atoms with van der Waals surface area (Å²) in [7, 11) is 0. The highest BCUT2D eigenvalue weighted by molar-refractivity contribution is 5.89. The molecule has 29 heavy (non-hydrogen) atoms. The molecule has 5 aliphatic rings. The predicted molar refractivity (Wildman–Crippen MR) is 114 cm³/mol. The third kappa shape index (κ3) is 3.35. The van der Waals surface area contributed by atoms with E-state index in [2.05, 4.69) is 24.3 Å². The van der Waals surface area contributed by atoms with E-state index in [1.165, 1.54) is 6.42 Å². The Kier molecular flexibility index (Phi) is 5.78. The number of nitrogens with one attached hydrogen (secondary N) is 1. The number of oxime groups is 1. The number of carbonyl (C=O) groups is 1. The van der Waals surface area contributed by atoms with Crippen LogP contribution >= 0.6 is 12.4 Å². The lowest BCUT2D eigenvalue weighted by atomic mass is 9.45. The van der Waals surface area contributed by atoms with E-state index >= 15 is 4.39 Å². The van der Waals surface area contributed by atoms with Crippen LogP contribution in [0, 0.1) is 34.5 Å². The van der Waals surface area contributed by atoms with Crippen molar-refractivity contribution in [2.24, 2.45) is 39.7 Å². The Morgan fingerprint density at radius 2 is 1.97 bits per heavy atom. The smallest absolute Gasteiger partial charge is 0.142 e. The second-order valence-electron chi connectivity index (χ2n) is 10.8. The zero-order valence-corrected chi connectivity index (χ0v) is 18.6. The minimum atomic E-state index is -0.979. The summed E-state index contributed by atoms with van der Waals surface area (Å²) < 4.78 is 15.2. The molecule has 8 atom stereocenters. The maximum Gasteiger partial charge on any atom is 0.142 e. The molecule has 4 aliphatic carbocycles. The summed E-state index contributed by atoms with van der Waals surface area (Å²) in [6.07, 6.45) is 7.70. The van der Waals surface area contributed by atoms with Gasteiger partial charge in [0.15, 0.2) is 0 Å². The van der Waals surface area contributed by atoms with Crippen molar-refractivity contribution >= 4 is 23.9 Å². The van der Waals surface area contributed by atoms with Crippen molar-refractivity contribution in [1.29, 1.82) is 0 Å². The van der Waals surface area contributed by atoms with Gasteiger partial charge in [-0.25, -0.2) is 4.39 Å². The van der Waals surface area contributed by atoms with Crippen LogP contribution in [0.3, 0.4) is 0 Å². The highest BCUT2D eigenvalue weighted by Gasteiger charge is 2.61. The molecule has 4 nitrogen and oxygen atoms in total. The second-order valence-corrected chi connectivity index (χ2v) is 10.8. The van der Waals surface area contributed by atoms with Crippen molar-refractivity contribution in [2.75, 3.05) is 13.1 Å². The third-order valence-electron chi connectivity index (χ3n) is 9.54. The van der Waals surface area contributed by atoms with Gasteiger partial charge >= 0.3 is 0 Å². The van der Waals surface area contributed by atoms with Gasteiger partial charge in [0.05, 0.1) is 5.71 Å². The van der Waals surface area contributed by atoms with E-state index in [0.717, 1.165) is 58.0 Å². The van der Waals surface area contributed by atoms with Crippen LogP contribution in [0.15, 0.2) is 5.16 Å². The number of ketones is 1. The third-order valence-corrected chi connectivity index (χ3v) is 9.54. The Balaban J connectivity index is 0.00000205. The van der Waals surface area contributed by atoms with E-state index in [-0.39, 0.29) is 29.3 Å². The number of carbonyl (C=O) groups excluding carboxylic acids is 1. The normalized spacial score (nSPS) is 50.4. The first-order chi connectivity index (χ1) is 13.4. The monoisotopic (exact) mass is 426 g/mol. The number of nitrogens with zero attached hydrogens (tertiary/aromatic N) is 1. The molecule has 2 unspecified atom stereocenters. The molecule has 1 aliphatic heterocycles. The molecule has 1 saturated heterocycles. The summed E-state index contributed by atoms with van der Waals surface area (Å²) in [6.45, 7) is 6.34. The summed E-state index contributed by atoms with van der Waals surface area (Å²) in [4.78, 5) is 18.2. The summed E-state index contributed by atoms with van der Waals surface area (Å²) in [5.41, 5.74) is 0.595. The largest absolute Gasteiger partial charge is 0.391 e. The molecule has 1 N–H and O–H groups in total. The first kappa shape index (κ1) is 21.5. The van der Waals surface area contributed by atoms with Crippen LogP contribution in [0.2, 0.25) is 0 Å². The first-order valence-corrected chi connectivity index (χ1v) is 11.5. The fourth-order valence-corrected chi connectivity index (χ4v) is 7.80. The zero-order chi connectivity index (χ0) is 19.5. The maximum absolute atomic E-state index is 15.2. The van der Waals surface area contributed by atoms with E-state index in [9.17, 15) is 4.79 Å². The fraction of sp³-hybridized carbons (Fsp3) is 0.913. The number of hydrogen-bond acceptors (Lipinski definition) is 4. The van der Waals surface area contributed by atoms with Crippen LogP contribution in [0.5, 0.6) is 0 Å². The van der Waals surface area contributed by atoms with Crippen LogP contribution in [0.25, 0.3) is 0 Å². The minimum absolute atomic E-state index is 0. The van der Waals surface area contributed by atoms with E-state index in [1.54, 1.807) is 0 Å². The average Bonchev–Trinajstić information content (AvgIpc) is 3.28. The van der Waals surface area contributed by atoms with Crippen molar-refractivity contribution in [3.8, 4) is 0 Å². The molecular weight excluding hydrogens is 391 g/mol. The Hall–Kier alpha value is -0.680. The van der Waals surface area contributed by atoms with Gasteiger partial charge in [0.25, 0.3) is 0 Å². The molecule has 0 aromatic rings. The molecular formula is C23H36ClFN2O2. The lowest BCUT2D eigenvalue weighted by molar-refractivity contribution is -0.138. The number of rotatable bonds is 2. The number of Topliss-reactive ketones (excluding diaryl/α,β-unsaturated/α-hetero) is 1. The van der Waals surface area contributed by atoms with E-state index in [0.29, 0.717) is 41.6 Å². The molecule has 5 rings (SSSR count). The van der Waals surface area contributed by atoms with Crippen molar-refractivity contribution in [3.63, 3.8) is 0 Å². The highest BCUT2D eigenvalue weighted by atomic mass is 35.5. The van der Waals surface area contributed by atoms with Crippen molar-refractivity contribution in [2.45, 2.75) is 83.9 Å². The molecule has 1 heterocycles. The summed E-state index contributed by atoms with van der Waals surface area (Å²) in [6, 6.07) is 0. The number of alkyl halides is 1. The average molecular weight is 427 g/mol. The van der Waals surface area contributed by atoms with E-state index in [4.69, 9.17) is 4.84 Å². The molecule has 0 spiro atoms. The Morgan fingerprint density at radius 1 is 1.14 bits per heavy atom. The second kappa shape index (κ2) is 7.78. The number of fused-ring (bicyclic) bond motifs is 5. The van der Waals surface area contributed by atoms with E-state index < -0.39 is 6.17 Å². The predicted octanol–water partition coefficient (Wildman–Crippen LogP) is 4.70. The summed E-state index contributed by atoms with van der Waals surface area (Å²) in [5.74, 6) is 2.70. The molecule has 6 heteroatoms. The van der Waals surface area contributed by atoms with Gasteiger partial charge in [0.2, 0.25) is 0 Å². The molecule has 0 amide bonds. The van der Waals surface area contributed by atoms with Gasteiger partial charge < -0.3 is 10.2 Å². The minimum Gasteiger partial charge on any atom is -0.391 e. The Labute approximate surface area is 180 Å². The molecule has 5 fully saturated rings. The molecule has 0 aromatic heterocycles. The first-order valence-electron chi connectivity index (χ1n) is 11.5. The Bertz CT molecular complexity index is 682. The maximum atomic E-state index is 15.2. The molecule has 0 radical (unpaired) electrons. The lowest BCUT2D eigenvalue weighted by Gasteiger charge is -2.59. The van der Waals surface area contributed by atoms with Crippen LogP contribution in [0.4, 0.5) is 4.39 Å². The van der Waals surface area contributed by atoms with Crippen LogP contribution in [0.1, 0.15) is 71.6 Å². The number of halogens is 2. The number of hydrogen-bond donors (Lipinski definition) is 1. The molecule has 0 bridgehead atoms. The SMILES string of the molecule is C[C@]12CC(F)/C(=N\O[C@@H]3CCNC3)CC1CC[C@@H]1[C@H]2CC[C@]2(C)C(=O)CC[C@@H]12.Cl. The van der Waals surface area contributed by atoms with Gasteiger partial charge in [-0.05, 0) is 80.6 Å². The van der Waals surface area contributed by atoms with Gasteiger partial charge in [0.1, 0.15) is 18.1 Å². The van der Waals surface area contributed by atoms with Gasteiger partial charge in [-0.1, -0.05) is 19.0 Å². The lowest BCUT2D eigenvalue weighted by Crippen LogP contribution is -2.55. The van der Waals surface area contributed by atoms with Crippen LogP contribution < -0.4 is 5.32 Å². The summed E-state index contributed by atoms with van der Waals surface area (Å²) in [5, 5.41) is 7.57. The van der Waals surface area contributed by atoms with E-state index in [1.807, 2.05) is 0 Å². The highest BCUT2D eigenvalue weighted by Crippen LogP contribution is 2.65. The van der Waals surface area contributed by atoms with Crippen LogP contribution in [-0.2, 0) is 9.63 Å². The van der Waals surface area contributed by atoms with Crippen LogP contribution in [-0.4, -0.2) is 36.9 Å². The van der Waals surface area contributed by atoms with Gasteiger partial charge in [-0.3, -0.25) is 4.79 Å². The quantitative estimate of drug-likeness (QED) is 0.651. The molecule has 0 aromatic carbocycles. The van der Waals surface area contributed by atoms with Crippen molar-refractivity contribution in [3.05, 3.63) is 0 Å². The zero-order valence-electron chi connectivity index (χ0n) is 17.8. The van der Waals surface area contributed by atoms with Gasteiger partial charge in [-0.15, -0.1) is 12.4 Å². The molecule has 164 valence electrons.